The van der Waals surface area contributed by atoms with Gasteiger partial charge in [0.1, 0.15) is 0 Å². The summed E-state index contributed by atoms with van der Waals surface area (Å²) >= 11 is 0. The van der Waals surface area contributed by atoms with E-state index in [0.717, 1.165) is 24.1 Å². The Bertz CT molecular complexity index is 921. The molecule has 2 aromatic rings. The Kier molecular flexibility index (Phi) is 6.13. The number of hydrogen-bond acceptors (Lipinski definition) is 3. The Labute approximate surface area is 160 Å². The fraction of sp³-hybridized carbons (Fsp3) is 0.350. The van der Waals surface area contributed by atoms with Gasteiger partial charge in [0.15, 0.2) is 5.96 Å². The first-order valence-corrected chi connectivity index (χ1v) is 10.7. The summed E-state index contributed by atoms with van der Waals surface area (Å²) in [6.45, 7) is 2.50. The number of nitrogens with one attached hydrogen (secondary N) is 2. The van der Waals surface area contributed by atoms with Crippen LogP contribution in [0.2, 0.25) is 0 Å². The first-order valence-electron chi connectivity index (χ1n) is 9.26. The second-order valence-corrected chi connectivity index (χ2v) is 8.39. The average Bonchev–Trinajstić information content (AvgIpc) is 2.67. The number of benzene rings is 2. The van der Waals surface area contributed by atoms with Gasteiger partial charge in [-0.05, 0) is 60.6 Å². The normalized spacial score (nSPS) is 14.6. The molecule has 3 rings (SSSR count). The molecule has 27 heavy (non-hydrogen) atoms. The van der Waals surface area contributed by atoms with Gasteiger partial charge in [-0.15, -0.1) is 0 Å². The lowest BCUT2D eigenvalue weighted by atomic mass is 9.90. The maximum atomic E-state index is 12.0. The van der Waals surface area contributed by atoms with Gasteiger partial charge in [-0.1, -0.05) is 31.2 Å². The minimum Gasteiger partial charge on any atom is -0.370 e. The van der Waals surface area contributed by atoms with Crippen molar-refractivity contribution in [3.05, 3.63) is 59.2 Å². The molecule has 0 saturated heterocycles. The second kappa shape index (κ2) is 8.54. The van der Waals surface area contributed by atoms with Crippen LogP contribution in [-0.4, -0.2) is 20.9 Å². The average molecular weight is 387 g/mol. The zero-order valence-corrected chi connectivity index (χ0v) is 16.3. The molecule has 6 nitrogen and oxygen atoms in total. The Morgan fingerprint density at radius 3 is 2.59 bits per heavy atom. The molecule has 0 atom stereocenters. The molecule has 4 N–H and O–H groups in total. The third-order valence-electron chi connectivity index (χ3n) is 4.66. The van der Waals surface area contributed by atoms with E-state index in [1.165, 1.54) is 24.0 Å². The van der Waals surface area contributed by atoms with Crippen molar-refractivity contribution in [1.82, 2.24) is 4.72 Å². The summed E-state index contributed by atoms with van der Waals surface area (Å²) in [6, 6.07) is 12.9. The fourth-order valence-electron chi connectivity index (χ4n) is 3.30. The molecule has 7 heteroatoms. The van der Waals surface area contributed by atoms with E-state index in [9.17, 15) is 8.42 Å². The summed E-state index contributed by atoms with van der Waals surface area (Å²) in [5.74, 6) is 0.360. The highest BCUT2D eigenvalue weighted by Crippen LogP contribution is 2.27. The van der Waals surface area contributed by atoms with Crippen LogP contribution < -0.4 is 15.8 Å². The molecular weight excluding hydrogens is 360 g/mol. The fourth-order valence-corrected chi connectivity index (χ4v) is 4.34. The first-order chi connectivity index (χ1) is 13.0. The van der Waals surface area contributed by atoms with Gasteiger partial charge in [0.2, 0.25) is 10.0 Å². The van der Waals surface area contributed by atoms with Crippen LogP contribution in [-0.2, 0) is 29.4 Å². The SMILES string of the molecule is CCNS(=O)(=O)c1ccc(CN=C(N)Nc2cccc3c2CCCC3)cc1. The molecule has 2 aromatic carbocycles. The molecule has 0 fully saturated rings. The molecule has 0 amide bonds. The Morgan fingerprint density at radius 2 is 1.85 bits per heavy atom. The number of nitrogens with two attached hydrogens (primary N) is 1. The summed E-state index contributed by atoms with van der Waals surface area (Å²) in [5, 5.41) is 3.21. The highest BCUT2D eigenvalue weighted by atomic mass is 32.2. The summed E-state index contributed by atoms with van der Waals surface area (Å²) in [7, 11) is -3.43. The highest BCUT2D eigenvalue weighted by Gasteiger charge is 2.13. The number of aliphatic imine (C=N–C) groups is 1. The predicted molar refractivity (Wildman–Crippen MR) is 109 cm³/mol. The summed E-state index contributed by atoms with van der Waals surface area (Å²) in [4.78, 5) is 4.63. The Balaban J connectivity index is 1.66. The maximum Gasteiger partial charge on any atom is 0.240 e. The van der Waals surface area contributed by atoms with Crippen molar-refractivity contribution >= 4 is 21.7 Å². The lowest BCUT2D eigenvalue weighted by Gasteiger charge is -2.19. The van der Waals surface area contributed by atoms with Crippen LogP contribution in [0.1, 0.15) is 36.5 Å². The van der Waals surface area contributed by atoms with Gasteiger partial charge in [0.25, 0.3) is 0 Å². The minimum absolute atomic E-state index is 0.249. The molecule has 0 spiro atoms. The third kappa shape index (κ3) is 4.87. The predicted octanol–water partition coefficient (Wildman–Crippen LogP) is 2.79. The van der Waals surface area contributed by atoms with Crippen LogP contribution in [0.25, 0.3) is 0 Å². The van der Waals surface area contributed by atoms with Crippen molar-refractivity contribution < 1.29 is 8.42 Å². The summed E-state index contributed by atoms with van der Waals surface area (Å²) in [6.07, 6.45) is 4.61. The lowest BCUT2D eigenvalue weighted by Crippen LogP contribution is -2.24. The number of anilines is 1. The summed E-state index contributed by atoms with van der Waals surface area (Å²) < 4.78 is 26.4. The van der Waals surface area contributed by atoms with E-state index in [0.29, 0.717) is 19.0 Å². The molecule has 0 unspecified atom stereocenters. The van der Waals surface area contributed by atoms with Gasteiger partial charge in [-0.3, -0.25) is 0 Å². The molecule has 0 aromatic heterocycles. The highest BCUT2D eigenvalue weighted by molar-refractivity contribution is 7.89. The standard InChI is InChI=1S/C20H26N4O2S/c1-2-23-27(25,26)17-12-10-15(11-13-17)14-22-20(21)24-19-9-5-7-16-6-3-4-8-18(16)19/h5,7,9-13,23H,2-4,6,8,14H2,1H3,(H3,21,22,24). The molecule has 1 aliphatic rings. The topological polar surface area (TPSA) is 96.6 Å². The Hall–Kier alpha value is -2.38. The molecule has 0 aliphatic heterocycles. The van der Waals surface area contributed by atoms with E-state index >= 15 is 0 Å². The van der Waals surface area contributed by atoms with Gasteiger partial charge in [-0.25, -0.2) is 18.1 Å². The summed E-state index contributed by atoms with van der Waals surface area (Å²) in [5.41, 5.74) is 10.7. The van der Waals surface area contributed by atoms with E-state index in [2.05, 4.69) is 21.1 Å². The largest absolute Gasteiger partial charge is 0.370 e. The number of aryl methyl sites for hydroxylation is 1. The Morgan fingerprint density at radius 1 is 1.11 bits per heavy atom. The quantitative estimate of drug-likeness (QED) is 0.525. The van der Waals surface area contributed by atoms with Gasteiger partial charge >= 0.3 is 0 Å². The molecule has 1 aliphatic carbocycles. The van der Waals surface area contributed by atoms with Crippen molar-refractivity contribution in [2.45, 2.75) is 44.0 Å². The van der Waals surface area contributed by atoms with E-state index in [1.807, 2.05) is 12.1 Å². The van der Waals surface area contributed by atoms with E-state index in [-0.39, 0.29) is 4.90 Å². The first kappa shape index (κ1) is 19.4. The van der Waals surface area contributed by atoms with Gasteiger partial charge in [0.05, 0.1) is 11.4 Å². The number of guanidine groups is 1. The smallest absolute Gasteiger partial charge is 0.240 e. The van der Waals surface area contributed by atoms with Crippen LogP contribution >= 0.6 is 0 Å². The van der Waals surface area contributed by atoms with E-state index in [1.54, 1.807) is 31.2 Å². The minimum atomic E-state index is -3.43. The van der Waals surface area contributed by atoms with Gasteiger partial charge in [-0.2, -0.15) is 0 Å². The van der Waals surface area contributed by atoms with Crippen molar-refractivity contribution in [1.29, 1.82) is 0 Å². The van der Waals surface area contributed by atoms with Crippen molar-refractivity contribution in [3.63, 3.8) is 0 Å². The zero-order valence-electron chi connectivity index (χ0n) is 15.5. The van der Waals surface area contributed by atoms with E-state index in [4.69, 9.17) is 5.73 Å². The second-order valence-electron chi connectivity index (χ2n) is 6.62. The molecule has 0 saturated carbocycles. The number of nitrogens with zero attached hydrogens (tertiary/aromatic N) is 1. The van der Waals surface area contributed by atoms with Crippen LogP contribution in [0.4, 0.5) is 5.69 Å². The molecule has 0 bridgehead atoms. The monoisotopic (exact) mass is 386 g/mol. The van der Waals surface area contributed by atoms with Crippen LogP contribution in [0.5, 0.6) is 0 Å². The van der Waals surface area contributed by atoms with E-state index < -0.39 is 10.0 Å². The number of sulfonamides is 1. The maximum absolute atomic E-state index is 12.0. The van der Waals surface area contributed by atoms with Gasteiger partial charge in [0, 0.05) is 12.2 Å². The molecule has 144 valence electrons. The van der Waals surface area contributed by atoms with Crippen molar-refractivity contribution in [3.8, 4) is 0 Å². The number of rotatable bonds is 6. The van der Waals surface area contributed by atoms with Gasteiger partial charge < -0.3 is 11.1 Å². The molecule has 0 heterocycles. The van der Waals surface area contributed by atoms with Crippen molar-refractivity contribution in [2.75, 3.05) is 11.9 Å². The lowest BCUT2D eigenvalue weighted by molar-refractivity contribution is 0.584. The third-order valence-corrected chi connectivity index (χ3v) is 6.22. The number of hydrogen-bond donors (Lipinski definition) is 3. The van der Waals surface area contributed by atoms with Crippen molar-refractivity contribution in [2.24, 2.45) is 10.7 Å². The van der Waals surface area contributed by atoms with Crippen LogP contribution in [0, 0.1) is 0 Å². The molecule has 0 radical (unpaired) electrons. The van der Waals surface area contributed by atoms with Crippen LogP contribution in [0.3, 0.4) is 0 Å². The van der Waals surface area contributed by atoms with Crippen LogP contribution in [0.15, 0.2) is 52.4 Å². The zero-order chi connectivity index (χ0) is 19.3. The number of fused-ring (bicyclic) bond motifs is 1. The molecular formula is C20H26N4O2S.